The van der Waals surface area contributed by atoms with E-state index in [1.807, 2.05) is 0 Å². The maximum atomic E-state index is 13.5. The Morgan fingerprint density at radius 3 is 2.94 bits per heavy atom. The normalized spacial score (nSPS) is 12.7. The number of aliphatic hydroxyl groups is 1. The quantitative estimate of drug-likeness (QED) is 0.894. The van der Waals surface area contributed by atoms with Gasteiger partial charge >= 0.3 is 0 Å². The number of oxazole rings is 1. The first-order valence-corrected chi connectivity index (χ1v) is 5.54. The van der Waals surface area contributed by atoms with E-state index in [1.165, 1.54) is 37.2 Å². The molecule has 0 aliphatic carbocycles. The van der Waals surface area contributed by atoms with Gasteiger partial charge in [-0.1, -0.05) is 6.07 Å². The summed E-state index contributed by atoms with van der Waals surface area (Å²) in [5, 5.41) is 9.93. The molecule has 0 radical (unpaired) electrons. The van der Waals surface area contributed by atoms with Crippen LogP contribution in [-0.2, 0) is 0 Å². The van der Waals surface area contributed by atoms with Gasteiger partial charge in [-0.05, 0) is 30.8 Å². The molecule has 2 aromatic rings. The summed E-state index contributed by atoms with van der Waals surface area (Å²) in [6, 6.07) is 4.63. The van der Waals surface area contributed by atoms with Crippen molar-refractivity contribution in [2.45, 2.75) is 23.1 Å². The summed E-state index contributed by atoms with van der Waals surface area (Å²) in [7, 11) is 0. The van der Waals surface area contributed by atoms with Crippen LogP contribution in [0.25, 0.3) is 0 Å². The number of hydrogen-bond donors (Lipinski definition) is 1. The highest BCUT2D eigenvalue weighted by atomic mass is 32.2. The molecule has 0 unspecified atom stereocenters. The molecule has 0 aliphatic heterocycles. The largest absolute Gasteiger partial charge is 0.440 e. The Balaban J connectivity index is 2.37. The Morgan fingerprint density at radius 2 is 2.31 bits per heavy atom. The van der Waals surface area contributed by atoms with Crippen molar-refractivity contribution in [3.05, 3.63) is 42.0 Å². The summed E-state index contributed by atoms with van der Waals surface area (Å²) in [6.45, 7) is 1.53. The van der Waals surface area contributed by atoms with Crippen LogP contribution in [0.2, 0.25) is 0 Å². The highest BCUT2D eigenvalue weighted by Gasteiger charge is 2.15. The van der Waals surface area contributed by atoms with Gasteiger partial charge in [-0.15, -0.1) is 0 Å². The van der Waals surface area contributed by atoms with E-state index >= 15 is 0 Å². The minimum Gasteiger partial charge on any atom is -0.440 e. The van der Waals surface area contributed by atoms with Gasteiger partial charge in [0.2, 0.25) is 0 Å². The molecule has 1 aromatic carbocycles. The minimum absolute atomic E-state index is 0.269. The van der Waals surface area contributed by atoms with Gasteiger partial charge < -0.3 is 9.52 Å². The zero-order chi connectivity index (χ0) is 11.5. The number of nitrogens with zero attached hydrogens (tertiary/aromatic N) is 1. The standard InChI is InChI=1S/C11H10FNO2S/c1-7(14)10-8(12)3-2-4-9(10)16-11-13-5-6-15-11/h2-7,14H,1H3/t7-/m0/s1. The summed E-state index contributed by atoms with van der Waals surface area (Å²) in [4.78, 5) is 4.54. The third-order valence-corrected chi connectivity index (χ3v) is 2.99. The molecule has 1 atom stereocenters. The van der Waals surface area contributed by atoms with Crippen molar-refractivity contribution in [1.29, 1.82) is 0 Å². The molecule has 5 heteroatoms. The van der Waals surface area contributed by atoms with Crippen molar-refractivity contribution < 1.29 is 13.9 Å². The number of benzene rings is 1. The lowest BCUT2D eigenvalue weighted by atomic mass is 10.1. The van der Waals surface area contributed by atoms with Gasteiger partial charge in [0.25, 0.3) is 5.22 Å². The summed E-state index contributed by atoms with van der Waals surface area (Å²) in [5.74, 6) is -0.424. The van der Waals surface area contributed by atoms with Gasteiger partial charge in [-0.25, -0.2) is 9.37 Å². The minimum atomic E-state index is -0.862. The number of hydrogen-bond acceptors (Lipinski definition) is 4. The van der Waals surface area contributed by atoms with Crippen molar-refractivity contribution in [2.24, 2.45) is 0 Å². The fourth-order valence-electron chi connectivity index (χ4n) is 1.37. The third-order valence-electron chi connectivity index (χ3n) is 2.04. The van der Waals surface area contributed by atoms with Crippen molar-refractivity contribution in [1.82, 2.24) is 4.98 Å². The molecule has 84 valence electrons. The average molecular weight is 239 g/mol. The molecule has 2 rings (SSSR count). The van der Waals surface area contributed by atoms with Crippen LogP contribution in [0, 0.1) is 5.82 Å². The molecular formula is C11H10FNO2S. The van der Waals surface area contributed by atoms with Gasteiger partial charge in [0.05, 0.1) is 12.3 Å². The van der Waals surface area contributed by atoms with Crippen LogP contribution >= 0.6 is 11.8 Å². The Labute approximate surface area is 96.3 Å². The first kappa shape index (κ1) is 11.2. The first-order valence-electron chi connectivity index (χ1n) is 4.72. The van der Waals surface area contributed by atoms with Crippen molar-refractivity contribution in [3.8, 4) is 0 Å². The zero-order valence-electron chi connectivity index (χ0n) is 8.55. The van der Waals surface area contributed by atoms with E-state index in [2.05, 4.69) is 4.98 Å². The van der Waals surface area contributed by atoms with Crippen LogP contribution in [0.3, 0.4) is 0 Å². The second kappa shape index (κ2) is 4.67. The van der Waals surface area contributed by atoms with Crippen LogP contribution in [-0.4, -0.2) is 10.1 Å². The Kier molecular flexibility index (Phi) is 3.26. The Morgan fingerprint density at radius 1 is 1.50 bits per heavy atom. The van der Waals surface area contributed by atoms with Gasteiger partial charge in [-0.2, -0.15) is 0 Å². The summed E-state index contributed by atoms with van der Waals surface area (Å²) in [5.41, 5.74) is 0.269. The van der Waals surface area contributed by atoms with Gasteiger partial charge in [0.15, 0.2) is 0 Å². The van der Waals surface area contributed by atoms with Crippen LogP contribution in [0.4, 0.5) is 4.39 Å². The lowest BCUT2D eigenvalue weighted by Crippen LogP contribution is -1.98. The smallest absolute Gasteiger partial charge is 0.260 e. The molecule has 0 saturated carbocycles. The van der Waals surface area contributed by atoms with E-state index in [0.29, 0.717) is 10.1 Å². The monoisotopic (exact) mass is 239 g/mol. The number of halogens is 1. The third kappa shape index (κ3) is 2.25. The summed E-state index contributed by atoms with van der Waals surface area (Å²) < 4.78 is 18.6. The number of aliphatic hydroxyl groups excluding tert-OH is 1. The lowest BCUT2D eigenvalue weighted by molar-refractivity contribution is 0.191. The van der Waals surface area contributed by atoms with E-state index in [1.54, 1.807) is 12.1 Å². The highest BCUT2D eigenvalue weighted by molar-refractivity contribution is 7.99. The lowest BCUT2D eigenvalue weighted by Gasteiger charge is -2.10. The maximum absolute atomic E-state index is 13.5. The summed E-state index contributed by atoms with van der Waals surface area (Å²) >= 11 is 1.19. The molecular weight excluding hydrogens is 229 g/mol. The van der Waals surface area contributed by atoms with Gasteiger partial charge in [0, 0.05) is 10.5 Å². The first-order chi connectivity index (χ1) is 7.68. The molecule has 16 heavy (non-hydrogen) atoms. The van der Waals surface area contributed by atoms with Crippen molar-refractivity contribution >= 4 is 11.8 Å². The van der Waals surface area contributed by atoms with Crippen molar-refractivity contribution in [2.75, 3.05) is 0 Å². The Hall–Kier alpha value is -1.33. The number of aromatic nitrogens is 1. The van der Waals surface area contributed by atoms with Crippen LogP contribution in [0.15, 0.2) is 45.2 Å². The predicted octanol–water partition coefficient (Wildman–Crippen LogP) is 3.02. The topological polar surface area (TPSA) is 46.3 Å². The molecule has 1 heterocycles. The van der Waals surface area contributed by atoms with Gasteiger partial charge in [-0.3, -0.25) is 0 Å². The molecule has 0 saturated heterocycles. The van der Waals surface area contributed by atoms with Crippen LogP contribution in [0.1, 0.15) is 18.6 Å². The van der Waals surface area contributed by atoms with E-state index in [-0.39, 0.29) is 5.56 Å². The summed E-state index contributed by atoms with van der Waals surface area (Å²) in [6.07, 6.45) is 2.10. The second-order valence-corrected chi connectivity index (χ2v) is 4.22. The van der Waals surface area contributed by atoms with E-state index in [9.17, 15) is 9.50 Å². The average Bonchev–Trinajstić information content (AvgIpc) is 2.70. The highest BCUT2D eigenvalue weighted by Crippen LogP contribution is 2.33. The number of rotatable bonds is 3. The molecule has 0 spiro atoms. The molecule has 0 fully saturated rings. The van der Waals surface area contributed by atoms with Crippen LogP contribution in [0.5, 0.6) is 0 Å². The maximum Gasteiger partial charge on any atom is 0.260 e. The molecule has 0 aliphatic rings. The van der Waals surface area contributed by atoms with Gasteiger partial charge in [0.1, 0.15) is 12.1 Å². The van der Waals surface area contributed by atoms with E-state index in [4.69, 9.17) is 4.42 Å². The predicted molar refractivity (Wildman–Crippen MR) is 57.7 cm³/mol. The zero-order valence-corrected chi connectivity index (χ0v) is 9.37. The van der Waals surface area contributed by atoms with E-state index < -0.39 is 11.9 Å². The fraction of sp³-hybridized carbons (Fsp3) is 0.182. The van der Waals surface area contributed by atoms with Crippen LogP contribution < -0.4 is 0 Å². The molecule has 0 amide bonds. The molecule has 0 bridgehead atoms. The molecule has 3 nitrogen and oxygen atoms in total. The fourth-order valence-corrected chi connectivity index (χ4v) is 2.30. The van der Waals surface area contributed by atoms with Crippen molar-refractivity contribution in [3.63, 3.8) is 0 Å². The molecule has 1 aromatic heterocycles. The second-order valence-electron chi connectivity index (χ2n) is 3.23. The molecule has 1 N–H and O–H groups in total. The van der Waals surface area contributed by atoms with E-state index in [0.717, 1.165) is 0 Å². The Bertz CT molecular complexity index is 471. The SMILES string of the molecule is C[C@H](O)c1c(F)cccc1Sc1ncco1.